The highest BCUT2D eigenvalue weighted by Gasteiger charge is 2.17. The van der Waals surface area contributed by atoms with Crippen molar-refractivity contribution < 1.29 is 4.79 Å². The Bertz CT molecular complexity index is 458. The quantitative estimate of drug-likeness (QED) is 0.832. The lowest BCUT2D eigenvalue weighted by Gasteiger charge is -2.21. The normalized spacial score (nSPS) is 17.4. The summed E-state index contributed by atoms with van der Waals surface area (Å²) in [6.07, 6.45) is 2.51. The van der Waals surface area contributed by atoms with Crippen LogP contribution in [0.1, 0.15) is 30.1 Å². The Morgan fingerprint density at radius 3 is 2.79 bits per heavy atom. The minimum Gasteiger partial charge on any atom is -0.398 e. The van der Waals surface area contributed by atoms with Crippen molar-refractivity contribution in [2.24, 2.45) is 0 Å². The van der Waals surface area contributed by atoms with Crippen LogP contribution in [0.15, 0.2) is 18.2 Å². The number of halogens is 1. The molecule has 1 amide bonds. The molecule has 104 valence electrons. The Morgan fingerprint density at radius 2 is 2.16 bits per heavy atom. The van der Waals surface area contributed by atoms with Gasteiger partial charge in [0, 0.05) is 23.3 Å². The zero-order chi connectivity index (χ0) is 13.8. The third-order valence-corrected chi connectivity index (χ3v) is 3.60. The van der Waals surface area contributed by atoms with Gasteiger partial charge in [0.2, 0.25) is 0 Å². The van der Waals surface area contributed by atoms with Crippen molar-refractivity contribution in [3.8, 4) is 0 Å². The third-order valence-electron chi connectivity index (χ3n) is 3.37. The molecule has 1 aromatic carbocycles. The van der Waals surface area contributed by atoms with E-state index < -0.39 is 0 Å². The molecule has 1 unspecified atom stereocenters. The lowest BCUT2D eigenvalue weighted by atomic mass is 10.1. The molecule has 19 heavy (non-hydrogen) atoms. The van der Waals surface area contributed by atoms with Gasteiger partial charge in [0.15, 0.2) is 0 Å². The number of nitrogens with zero attached hydrogens (tertiary/aromatic N) is 1. The van der Waals surface area contributed by atoms with Crippen molar-refractivity contribution in [2.45, 2.75) is 25.8 Å². The maximum Gasteiger partial charge on any atom is 0.253 e. The van der Waals surface area contributed by atoms with Gasteiger partial charge in [0.05, 0.1) is 5.56 Å². The van der Waals surface area contributed by atoms with Crippen LogP contribution in [-0.2, 0) is 0 Å². The molecule has 1 aliphatic heterocycles. The number of anilines is 1. The maximum atomic E-state index is 12.1. The molecule has 1 fully saturated rings. The highest BCUT2D eigenvalue weighted by atomic mass is 35.5. The van der Waals surface area contributed by atoms with E-state index in [1.54, 1.807) is 18.2 Å². The SMILES string of the molecule is CC(CN1CCCC1)NC(=O)c1ccc(Cl)cc1N. The molecule has 1 aliphatic rings. The summed E-state index contributed by atoms with van der Waals surface area (Å²) in [7, 11) is 0. The Balaban J connectivity index is 1.92. The molecule has 0 aromatic heterocycles. The number of carbonyl (C=O) groups is 1. The number of carbonyl (C=O) groups excluding carboxylic acids is 1. The number of likely N-dealkylation sites (tertiary alicyclic amines) is 1. The minimum absolute atomic E-state index is 0.112. The van der Waals surface area contributed by atoms with Crippen LogP contribution in [0.5, 0.6) is 0 Å². The topological polar surface area (TPSA) is 58.4 Å². The van der Waals surface area contributed by atoms with Crippen LogP contribution in [-0.4, -0.2) is 36.5 Å². The first-order valence-electron chi connectivity index (χ1n) is 6.64. The molecular weight excluding hydrogens is 262 g/mol. The van der Waals surface area contributed by atoms with Gasteiger partial charge in [-0.1, -0.05) is 11.6 Å². The molecule has 0 radical (unpaired) electrons. The summed E-state index contributed by atoms with van der Waals surface area (Å²) in [6.45, 7) is 5.16. The van der Waals surface area contributed by atoms with Gasteiger partial charge in [-0.15, -0.1) is 0 Å². The first kappa shape index (κ1) is 14.2. The molecule has 5 heteroatoms. The fourth-order valence-electron chi connectivity index (χ4n) is 2.44. The van der Waals surface area contributed by atoms with Gasteiger partial charge in [0.25, 0.3) is 5.91 Å². The van der Waals surface area contributed by atoms with E-state index in [0.29, 0.717) is 16.3 Å². The van der Waals surface area contributed by atoms with Crippen molar-refractivity contribution in [3.05, 3.63) is 28.8 Å². The predicted octanol–water partition coefficient (Wildman–Crippen LogP) is 2.14. The second kappa shape index (κ2) is 6.26. The van der Waals surface area contributed by atoms with Crippen molar-refractivity contribution >= 4 is 23.2 Å². The standard InChI is InChI=1S/C14H20ClN3O/c1-10(9-18-6-2-3-7-18)17-14(19)12-5-4-11(15)8-13(12)16/h4-5,8,10H,2-3,6-7,9,16H2,1H3,(H,17,19). The summed E-state index contributed by atoms with van der Waals surface area (Å²) < 4.78 is 0. The molecular formula is C14H20ClN3O. The van der Waals surface area contributed by atoms with E-state index in [1.165, 1.54) is 12.8 Å². The van der Waals surface area contributed by atoms with Gasteiger partial charge in [-0.25, -0.2) is 0 Å². The number of benzene rings is 1. The van der Waals surface area contributed by atoms with Gasteiger partial charge in [-0.05, 0) is 51.1 Å². The second-order valence-electron chi connectivity index (χ2n) is 5.11. The van der Waals surface area contributed by atoms with Crippen LogP contribution in [0, 0.1) is 0 Å². The highest BCUT2D eigenvalue weighted by Crippen LogP contribution is 2.18. The molecule has 0 bridgehead atoms. The summed E-state index contributed by atoms with van der Waals surface area (Å²) in [4.78, 5) is 14.5. The first-order valence-corrected chi connectivity index (χ1v) is 7.02. The number of nitrogens with two attached hydrogens (primary N) is 1. The molecule has 1 saturated heterocycles. The van der Waals surface area contributed by atoms with Crippen molar-refractivity contribution in [2.75, 3.05) is 25.4 Å². The summed E-state index contributed by atoms with van der Waals surface area (Å²) in [6, 6.07) is 5.05. The third kappa shape index (κ3) is 3.85. The zero-order valence-electron chi connectivity index (χ0n) is 11.2. The summed E-state index contributed by atoms with van der Waals surface area (Å²) in [5, 5.41) is 3.52. The first-order chi connectivity index (χ1) is 9.06. The van der Waals surface area contributed by atoms with E-state index in [1.807, 2.05) is 6.92 Å². The molecule has 4 nitrogen and oxygen atoms in total. The van der Waals surface area contributed by atoms with Gasteiger partial charge >= 0.3 is 0 Å². The largest absolute Gasteiger partial charge is 0.398 e. The molecule has 3 N–H and O–H groups in total. The molecule has 0 saturated carbocycles. The fraction of sp³-hybridized carbons (Fsp3) is 0.500. The van der Waals surface area contributed by atoms with Gasteiger partial charge in [-0.3, -0.25) is 4.79 Å². The van der Waals surface area contributed by atoms with Crippen molar-refractivity contribution in [3.63, 3.8) is 0 Å². The Kier molecular flexibility index (Phi) is 4.66. The van der Waals surface area contributed by atoms with Gasteiger partial charge < -0.3 is 16.0 Å². The average Bonchev–Trinajstić information content (AvgIpc) is 2.81. The Morgan fingerprint density at radius 1 is 1.47 bits per heavy atom. The lowest BCUT2D eigenvalue weighted by molar-refractivity contribution is 0.0933. The van der Waals surface area contributed by atoms with Crippen molar-refractivity contribution in [1.82, 2.24) is 10.2 Å². The van der Waals surface area contributed by atoms with E-state index in [-0.39, 0.29) is 11.9 Å². The van der Waals surface area contributed by atoms with Crippen LogP contribution in [0.2, 0.25) is 5.02 Å². The molecule has 0 aliphatic carbocycles. The van der Waals surface area contributed by atoms with Gasteiger partial charge in [0.1, 0.15) is 0 Å². The average molecular weight is 282 g/mol. The smallest absolute Gasteiger partial charge is 0.253 e. The van der Waals surface area contributed by atoms with E-state index in [9.17, 15) is 4.79 Å². The minimum atomic E-state index is -0.138. The fourth-order valence-corrected chi connectivity index (χ4v) is 2.62. The monoisotopic (exact) mass is 281 g/mol. The highest BCUT2D eigenvalue weighted by molar-refractivity contribution is 6.31. The number of hydrogen-bond acceptors (Lipinski definition) is 3. The van der Waals surface area contributed by atoms with Crippen LogP contribution in [0.25, 0.3) is 0 Å². The molecule has 1 atom stereocenters. The molecule has 1 heterocycles. The number of hydrogen-bond donors (Lipinski definition) is 2. The van der Waals surface area contributed by atoms with Gasteiger partial charge in [-0.2, -0.15) is 0 Å². The molecule has 2 rings (SSSR count). The summed E-state index contributed by atoms with van der Waals surface area (Å²) in [5.41, 5.74) is 6.71. The maximum absolute atomic E-state index is 12.1. The number of amides is 1. The predicted molar refractivity (Wildman–Crippen MR) is 78.5 cm³/mol. The van der Waals surface area contributed by atoms with Crippen LogP contribution in [0.4, 0.5) is 5.69 Å². The number of nitrogen functional groups attached to an aromatic ring is 1. The van der Waals surface area contributed by atoms with E-state index in [2.05, 4.69) is 10.2 Å². The van der Waals surface area contributed by atoms with Crippen LogP contribution in [0.3, 0.4) is 0 Å². The Labute approximate surface area is 118 Å². The number of rotatable bonds is 4. The van der Waals surface area contributed by atoms with Crippen molar-refractivity contribution in [1.29, 1.82) is 0 Å². The summed E-state index contributed by atoms with van der Waals surface area (Å²) in [5.74, 6) is -0.138. The molecule has 1 aromatic rings. The van der Waals surface area contributed by atoms with Crippen LogP contribution < -0.4 is 11.1 Å². The lowest BCUT2D eigenvalue weighted by Crippen LogP contribution is -2.41. The number of nitrogens with one attached hydrogen (secondary N) is 1. The Hall–Kier alpha value is -1.26. The zero-order valence-corrected chi connectivity index (χ0v) is 11.9. The van der Waals surface area contributed by atoms with E-state index in [0.717, 1.165) is 19.6 Å². The second-order valence-corrected chi connectivity index (χ2v) is 5.55. The molecule has 0 spiro atoms. The summed E-state index contributed by atoms with van der Waals surface area (Å²) >= 11 is 5.82. The van der Waals surface area contributed by atoms with Crippen LogP contribution >= 0.6 is 11.6 Å². The van der Waals surface area contributed by atoms with E-state index in [4.69, 9.17) is 17.3 Å². The van der Waals surface area contributed by atoms with E-state index >= 15 is 0 Å².